The van der Waals surface area contributed by atoms with Gasteiger partial charge >= 0.3 is 0 Å². The predicted octanol–water partition coefficient (Wildman–Crippen LogP) is -2.82. The summed E-state index contributed by atoms with van der Waals surface area (Å²) >= 11 is 0. The van der Waals surface area contributed by atoms with E-state index in [1.807, 2.05) is 0 Å². The molecule has 0 heterocycles. The summed E-state index contributed by atoms with van der Waals surface area (Å²) < 4.78 is 13.3. The number of hydrogen-bond acceptors (Lipinski definition) is 6. The number of hydrogen-bond donors (Lipinski definition) is 2. The summed E-state index contributed by atoms with van der Waals surface area (Å²) in [5.41, 5.74) is 0. The van der Waals surface area contributed by atoms with Crippen molar-refractivity contribution in [1.82, 2.24) is 0 Å². The molecule has 0 radical (unpaired) electrons. The third kappa shape index (κ3) is 6.15. The highest BCUT2D eigenvalue weighted by Crippen LogP contribution is 2.24. The maximum atomic E-state index is 9.71. The summed E-state index contributed by atoms with van der Waals surface area (Å²) in [5, 5.41) is 16.6. The molecule has 0 aliphatic heterocycles. The van der Waals surface area contributed by atoms with Crippen LogP contribution in [0.15, 0.2) is 0 Å². The second-order valence-electron chi connectivity index (χ2n) is 1.58. The summed E-state index contributed by atoms with van der Waals surface area (Å²) in [5.74, 6) is 0. The van der Waals surface area contributed by atoms with Gasteiger partial charge in [-0.25, -0.2) is 0 Å². The molecule has 0 aliphatic rings. The Morgan fingerprint density at radius 1 is 1.60 bits per heavy atom. The van der Waals surface area contributed by atoms with E-state index in [9.17, 15) is 14.4 Å². The quantitative estimate of drug-likeness (QED) is 0.440. The van der Waals surface area contributed by atoms with E-state index in [4.69, 9.17) is 10.2 Å². The molecule has 0 aromatic carbocycles. The molecule has 0 amide bonds. The summed E-state index contributed by atoms with van der Waals surface area (Å²) in [6.07, 6.45) is -1.32. The van der Waals surface area contributed by atoms with Gasteiger partial charge in [0.1, 0.15) is 6.10 Å². The summed E-state index contributed by atoms with van der Waals surface area (Å²) in [7, 11) is -5.00. The molecular formula is C3H7O6P-2. The van der Waals surface area contributed by atoms with Crippen molar-refractivity contribution in [3.63, 3.8) is 0 Å². The Hall–Kier alpha value is 0.0300. The predicted molar refractivity (Wildman–Crippen MR) is 26.7 cm³/mol. The zero-order valence-corrected chi connectivity index (χ0v) is 5.86. The van der Waals surface area contributed by atoms with E-state index in [-0.39, 0.29) is 0 Å². The molecule has 1 atom stereocenters. The monoisotopic (exact) mass is 170 g/mol. The van der Waals surface area contributed by atoms with E-state index < -0.39 is 27.1 Å². The maximum Gasteiger partial charge on any atom is 0.101 e. The summed E-state index contributed by atoms with van der Waals surface area (Å²) in [4.78, 5) is 19.4. The number of phosphoric ester groups is 1. The van der Waals surface area contributed by atoms with Crippen molar-refractivity contribution < 1.29 is 29.1 Å². The first-order valence-electron chi connectivity index (χ1n) is 2.41. The van der Waals surface area contributed by atoms with Crippen molar-refractivity contribution in [3.8, 4) is 0 Å². The number of aliphatic hydroxyl groups is 2. The van der Waals surface area contributed by atoms with E-state index >= 15 is 0 Å². The molecule has 0 saturated carbocycles. The van der Waals surface area contributed by atoms with Gasteiger partial charge in [0, 0.05) is 0 Å². The van der Waals surface area contributed by atoms with E-state index in [1.54, 1.807) is 0 Å². The summed E-state index contributed by atoms with van der Waals surface area (Å²) in [6, 6.07) is 0. The van der Waals surface area contributed by atoms with Crippen molar-refractivity contribution >= 4 is 7.82 Å². The largest absolute Gasteiger partial charge is 0.790 e. The molecule has 10 heavy (non-hydrogen) atoms. The SMILES string of the molecule is O=P([O-])([O-])OCC(O)CO. The maximum absolute atomic E-state index is 9.71. The Balaban J connectivity index is 3.46. The van der Waals surface area contributed by atoms with Gasteiger partial charge in [-0.1, -0.05) is 0 Å². The van der Waals surface area contributed by atoms with Crippen LogP contribution in [0.4, 0.5) is 0 Å². The standard InChI is InChI=1S/C3H9O6P/c4-1-3(5)2-9-10(6,7)8/h3-5H,1-2H2,(H2,6,7,8)/p-2. The van der Waals surface area contributed by atoms with E-state index in [2.05, 4.69) is 4.52 Å². The van der Waals surface area contributed by atoms with Gasteiger partial charge < -0.3 is 29.1 Å². The van der Waals surface area contributed by atoms with Gasteiger partial charge in [0.25, 0.3) is 0 Å². The average Bonchev–Trinajstić information content (AvgIpc) is 1.81. The van der Waals surface area contributed by atoms with Crippen molar-refractivity contribution in [2.24, 2.45) is 0 Å². The fourth-order valence-corrected chi connectivity index (χ4v) is 0.585. The molecule has 0 bridgehead atoms. The molecular weight excluding hydrogens is 163 g/mol. The minimum Gasteiger partial charge on any atom is -0.790 e. The topological polar surface area (TPSA) is 113 Å². The van der Waals surface area contributed by atoms with Crippen LogP contribution >= 0.6 is 7.82 Å². The highest BCUT2D eigenvalue weighted by atomic mass is 31.2. The molecule has 0 aromatic rings. The Bertz CT molecular complexity index is 129. The second kappa shape index (κ2) is 4.02. The van der Waals surface area contributed by atoms with Gasteiger partial charge in [0.15, 0.2) is 0 Å². The Morgan fingerprint density at radius 3 is 2.40 bits per heavy atom. The first-order valence-corrected chi connectivity index (χ1v) is 3.87. The summed E-state index contributed by atoms with van der Waals surface area (Å²) in [6.45, 7) is -1.33. The lowest BCUT2D eigenvalue weighted by Gasteiger charge is -2.29. The Kier molecular flexibility index (Phi) is 4.04. The molecule has 0 fully saturated rings. The van der Waals surface area contributed by atoms with Crippen LogP contribution in [-0.4, -0.2) is 29.5 Å². The van der Waals surface area contributed by atoms with Crippen LogP contribution < -0.4 is 9.79 Å². The van der Waals surface area contributed by atoms with Crippen molar-refractivity contribution in [1.29, 1.82) is 0 Å². The molecule has 1 unspecified atom stereocenters. The van der Waals surface area contributed by atoms with Crippen LogP contribution in [0, 0.1) is 0 Å². The first-order chi connectivity index (χ1) is 4.45. The van der Waals surface area contributed by atoms with E-state index in [0.717, 1.165) is 0 Å². The molecule has 0 rings (SSSR count). The Morgan fingerprint density at radius 2 is 2.10 bits per heavy atom. The van der Waals surface area contributed by atoms with Crippen LogP contribution in [0.2, 0.25) is 0 Å². The third-order valence-corrected chi connectivity index (χ3v) is 1.10. The van der Waals surface area contributed by atoms with Gasteiger partial charge in [0.05, 0.1) is 21.0 Å². The molecule has 0 saturated heterocycles. The van der Waals surface area contributed by atoms with Crippen LogP contribution in [0.3, 0.4) is 0 Å². The normalized spacial score (nSPS) is 15.2. The highest BCUT2D eigenvalue weighted by molar-refractivity contribution is 7.43. The third-order valence-electron chi connectivity index (χ3n) is 0.636. The molecule has 0 aliphatic carbocycles. The lowest BCUT2D eigenvalue weighted by atomic mass is 10.4. The minimum absolute atomic E-state index is 0.639. The lowest BCUT2D eigenvalue weighted by Crippen LogP contribution is -2.24. The average molecular weight is 170 g/mol. The highest BCUT2D eigenvalue weighted by Gasteiger charge is 2.01. The number of phosphoric acid groups is 1. The van der Waals surface area contributed by atoms with Crippen molar-refractivity contribution in [2.45, 2.75) is 6.10 Å². The fraction of sp³-hybridized carbons (Fsp3) is 1.00. The van der Waals surface area contributed by atoms with Crippen LogP contribution in [0.25, 0.3) is 0 Å². The molecule has 0 spiro atoms. The van der Waals surface area contributed by atoms with E-state index in [1.165, 1.54) is 0 Å². The van der Waals surface area contributed by atoms with E-state index in [0.29, 0.717) is 0 Å². The van der Waals surface area contributed by atoms with Crippen LogP contribution in [0.5, 0.6) is 0 Å². The van der Waals surface area contributed by atoms with Crippen LogP contribution in [0.1, 0.15) is 0 Å². The van der Waals surface area contributed by atoms with Gasteiger partial charge in [-0.2, -0.15) is 0 Å². The van der Waals surface area contributed by atoms with Gasteiger partial charge in [0.2, 0.25) is 0 Å². The molecule has 0 aromatic heterocycles. The van der Waals surface area contributed by atoms with Crippen molar-refractivity contribution in [2.75, 3.05) is 13.2 Å². The zero-order valence-electron chi connectivity index (χ0n) is 4.97. The van der Waals surface area contributed by atoms with Crippen molar-refractivity contribution in [3.05, 3.63) is 0 Å². The molecule has 7 heteroatoms. The minimum atomic E-state index is -5.00. The smallest absolute Gasteiger partial charge is 0.101 e. The zero-order chi connectivity index (χ0) is 8.20. The molecule has 62 valence electrons. The Labute approximate surface area is 57.3 Å². The lowest BCUT2D eigenvalue weighted by molar-refractivity contribution is -0.342. The number of rotatable bonds is 4. The van der Waals surface area contributed by atoms with Crippen LogP contribution in [-0.2, 0) is 9.09 Å². The van der Waals surface area contributed by atoms with Gasteiger partial charge in [-0.15, -0.1) is 0 Å². The second-order valence-corrected chi connectivity index (χ2v) is 2.73. The fourth-order valence-electron chi connectivity index (χ4n) is 0.230. The first kappa shape index (κ1) is 10.0. The molecule has 2 N–H and O–H groups in total. The number of aliphatic hydroxyl groups excluding tert-OH is 2. The van der Waals surface area contributed by atoms with Gasteiger partial charge in [-0.05, 0) is 0 Å². The van der Waals surface area contributed by atoms with Gasteiger partial charge in [-0.3, -0.25) is 0 Å². The molecule has 6 nitrogen and oxygen atoms in total.